The smallest absolute Gasteiger partial charge is 0.235 e. The summed E-state index contributed by atoms with van der Waals surface area (Å²) in [6.07, 6.45) is -7.02. The van der Waals surface area contributed by atoms with Gasteiger partial charge in [0.05, 0.1) is 12.0 Å². The van der Waals surface area contributed by atoms with Crippen LogP contribution in [0.2, 0.25) is 0 Å². The number of fused-ring (bicyclic) bond motifs is 1. The molecule has 2 aromatic carbocycles. The number of rotatable bonds is 3. The van der Waals surface area contributed by atoms with Gasteiger partial charge in [-0.15, -0.1) is 0 Å². The molecule has 0 spiro atoms. The quantitative estimate of drug-likeness (QED) is 0.432. The van der Waals surface area contributed by atoms with Crippen LogP contribution in [-0.2, 0) is 4.74 Å². The highest BCUT2D eigenvalue weighted by Gasteiger charge is 2.44. The largest absolute Gasteiger partial charge is 0.502 e. The molecule has 0 radical (unpaired) electrons. The lowest BCUT2D eigenvalue weighted by Crippen LogP contribution is -2.55. The third-order valence-corrected chi connectivity index (χ3v) is 5.16. The fraction of sp³-hybridized carbons (Fsp3) is 0.286. The van der Waals surface area contributed by atoms with Crippen LogP contribution in [0, 0.1) is 0 Å². The number of benzene rings is 2. The molecule has 29 heavy (non-hydrogen) atoms. The third-order valence-electron chi connectivity index (χ3n) is 5.16. The van der Waals surface area contributed by atoms with Crippen molar-refractivity contribution in [2.24, 2.45) is 0 Å². The number of aliphatic hydroxyl groups is 4. The number of ether oxygens (including phenoxy) is 1. The van der Waals surface area contributed by atoms with E-state index in [1.165, 1.54) is 12.1 Å². The Kier molecular flexibility index (Phi) is 5.12. The van der Waals surface area contributed by atoms with Gasteiger partial charge in [-0.2, -0.15) is 0 Å². The fourth-order valence-corrected chi connectivity index (χ4v) is 3.64. The first-order valence-electron chi connectivity index (χ1n) is 9.08. The van der Waals surface area contributed by atoms with Crippen LogP contribution < -0.4 is 5.43 Å². The molecule has 0 saturated carbocycles. The highest BCUT2D eigenvalue weighted by Crippen LogP contribution is 2.37. The molecule has 1 aromatic heterocycles. The Morgan fingerprint density at radius 1 is 0.897 bits per heavy atom. The van der Waals surface area contributed by atoms with Gasteiger partial charge in [0.25, 0.3) is 0 Å². The lowest BCUT2D eigenvalue weighted by atomic mass is 9.89. The minimum atomic E-state index is -1.59. The van der Waals surface area contributed by atoms with E-state index in [-0.39, 0.29) is 22.3 Å². The average molecular weight is 400 g/mol. The normalized spacial score (nSPS) is 27.2. The summed E-state index contributed by atoms with van der Waals surface area (Å²) in [4.78, 5) is 13.0. The molecule has 4 rings (SSSR count). The van der Waals surface area contributed by atoms with E-state index >= 15 is 0 Å². The number of hydrogen-bond acceptors (Lipinski definition) is 8. The Morgan fingerprint density at radius 2 is 1.62 bits per heavy atom. The molecule has 0 aliphatic carbocycles. The van der Waals surface area contributed by atoms with E-state index in [0.29, 0.717) is 5.56 Å². The molecule has 5 atom stereocenters. The lowest BCUT2D eigenvalue weighted by Gasteiger charge is -2.40. The van der Waals surface area contributed by atoms with Gasteiger partial charge in [0, 0.05) is 5.56 Å². The van der Waals surface area contributed by atoms with Gasteiger partial charge in [-0.25, -0.2) is 0 Å². The summed E-state index contributed by atoms with van der Waals surface area (Å²) < 4.78 is 11.3. The molecule has 0 amide bonds. The van der Waals surface area contributed by atoms with E-state index in [9.17, 15) is 30.3 Å². The number of aromatic hydroxyl groups is 1. The standard InChI is InChI=1S/C21H20O8/c22-9-13-15(23)17(25)19(27)21(29-13)11-7-4-8-12-14(11)16(24)18(26)20(28-12)10-5-2-1-3-6-10/h1-8,13,15,17,19,21-23,25-27H,9H2/t13-,15-,17+,19-,21?/m1/s1. The Balaban J connectivity index is 1.89. The predicted molar refractivity (Wildman–Crippen MR) is 102 cm³/mol. The molecule has 1 aliphatic heterocycles. The van der Waals surface area contributed by atoms with Crippen molar-refractivity contribution in [3.63, 3.8) is 0 Å². The highest BCUT2D eigenvalue weighted by atomic mass is 16.5. The maximum absolute atomic E-state index is 13.0. The monoisotopic (exact) mass is 400 g/mol. The first-order chi connectivity index (χ1) is 13.9. The van der Waals surface area contributed by atoms with Gasteiger partial charge in [0.1, 0.15) is 36.1 Å². The average Bonchev–Trinajstić information content (AvgIpc) is 2.75. The lowest BCUT2D eigenvalue weighted by molar-refractivity contribution is -0.231. The zero-order valence-electron chi connectivity index (χ0n) is 15.2. The molecule has 2 heterocycles. The van der Waals surface area contributed by atoms with Crippen molar-refractivity contribution in [3.05, 3.63) is 64.3 Å². The van der Waals surface area contributed by atoms with Crippen LogP contribution in [0.5, 0.6) is 5.75 Å². The molecule has 3 aromatic rings. The van der Waals surface area contributed by atoms with E-state index in [1.807, 2.05) is 0 Å². The van der Waals surface area contributed by atoms with Gasteiger partial charge in [-0.05, 0) is 11.6 Å². The summed E-state index contributed by atoms with van der Waals surface area (Å²) in [6.45, 7) is -0.593. The van der Waals surface area contributed by atoms with Gasteiger partial charge in [0.2, 0.25) is 11.2 Å². The predicted octanol–water partition coefficient (Wildman–Crippen LogP) is 0.680. The van der Waals surface area contributed by atoms with Crippen LogP contribution >= 0.6 is 0 Å². The Hall–Kier alpha value is -2.75. The summed E-state index contributed by atoms with van der Waals surface area (Å²) in [5, 5.41) is 50.4. The summed E-state index contributed by atoms with van der Waals surface area (Å²) in [5.41, 5.74) is 0.115. The Morgan fingerprint density at radius 3 is 2.31 bits per heavy atom. The summed E-state index contributed by atoms with van der Waals surface area (Å²) >= 11 is 0. The summed E-state index contributed by atoms with van der Waals surface area (Å²) in [5.74, 6) is -0.588. The zero-order valence-corrected chi connectivity index (χ0v) is 15.2. The minimum absolute atomic E-state index is 0.00838. The molecule has 5 N–H and O–H groups in total. The van der Waals surface area contributed by atoms with Gasteiger partial charge in [-0.3, -0.25) is 4.79 Å². The van der Waals surface area contributed by atoms with Crippen LogP contribution in [0.15, 0.2) is 57.7 Å². The second-order valence-electron chi connectivity index (χ2n) is 6.94. The number of aliphatic hydroxyl groups excluding tert-OH is 4. The zero-order chi connectivity index (χ0) is 20.7. The van der Waals surface area contributed by atoms with Crippen LogP contribution in [-0.4, -0.2) is 56.6 Å². The van der Waals surface area contributed by atoms with Crippen LogP contribution in [0.3, 0.4) is 0 Å². The fourth-order valence-electron chi connectivity index (χ4n) is 3.64. The van der Waals surface area contributed by atoms with Gasteiger partial charge in [0.15, 0.2) is 5.76 Å². The molecular weight excluding hydrogens is 380 g/mol. The van der Waals surface area contributed by atoms with Crippen LogP contribution in [0.25, 0.3) is 22.3 Å². The summed E-state index contributed by atoms with van der Waals surface area (Å²) in [6, 6.07) is 13.2. The van der Waals surface area contributed by atoms with Crippen molar-refractivity contribution in [2.45, 2.75) is 30.5 Å². The van der Waals surface area contributed by atoms with E-state index in [1.54, 1.807) is 36.4 Å². The first-order valence-corrected chi connectivity index (χ1v) is 9.08. The second kappa shape index (κ2) is 7.58. The molecule has 152 valence electrons. The van der Waals surface area contributed by atoms with Crippen molar-refractivity contribution in [1.82, 2.24) is 0 Å². The maximum atomic E-state index is 13.0. The molecule has 8 heteroatoms. The van der Waals surface area contributed by atoms with Gasteiger partial charge >= 0.3 is 0 Å². The minimum Gasteiger partial charge on any atom is -0.502 e. The molecule has 1 unspecified atom stereocenters. The molecular formula is C21H20O8. The summed E-state index contributed by atoms with van der Waals surface area (Å²) in [7, 11) is 0. The van der Waals surface area contributed by atoms with Crippen LogP contribution in [0.1, 0.15) is 11.7 Å². The number of hydrogen-bond donors (Lipinski definition) is 5. The van der Waals surface area contributed by atoms with Crippen LogP contribution in [0.4, 0.5) is 0 Å². The highest BCUT2D eigenvalue weighted by molar-refractivity contribution is 5.85. The third kappa shape index (κ3) is 3.21. The van der Waals surface area contributed by atoms with E-state index in [2.05, 4.69) is 0 Å². The van der Waals surface area contributed by atoms with Crippen molar-refractivity contribution in [1.29, 1.82) is 0 Å². The topological polar surface area (TPSA) is 141 Å². The van der Waals surface area contributed by atoms with Crippen molar-refractivity contribution < 1.29 is 34.7 Å². The van der Waals surface area contributed by atoms with Gasteiger partial charge < -0.3 is 34.7 Å². The van der Waals surface area contributed by atoms with Gasteiger partial charge in [-0.1, -0.05) is 42.5 Å². The Labute approximate surface area is 164 Å². The molecule has 8 nitrogen and oxygen atoms in total. The van der Waals surface area contributed by atoms with E-state index < -0.39 is 48.3 Å². The van der Waals surface area contributed by atoms with E-state index in [4.69, 9.17) is 9.15 Å². The van der Waals surface area contributed by atoms with Crippen molar-refractivity contribution in [2.75, 3.05) is 6.61 Å². The molecule has 1 saturated heterocycles. The van der Waals surface area contributed by atoms with Crippen molar-refractivity contribution in [3.8, 4) is 17.1 Å². The first kappa shape index (κ1) is 19.6. The Bertz CT molecular complexity index is 1080. The molecule has 1 fully saturated rings. The maximum Gasteiger partial charge on any atom is 0.235 e. The molecule has 1 aliphatic rings. The molecule has 0 bridgehead atoms. The second-order valence-corrected chi connectivity index (χ2v) is 6.94. The van der Waals surface area contributed by atoms with E-state index in [0.717, 1.165) is 0 Å². The SMILES string of the molecule is O=c1c(O)c(-c2ccccc2)oc2cccc(C3O[C@H](CO)[C@@H](O)[C@H](O)[C@H]3O)c12. The van der Waals surface area contributed by atoms with Crippen molar-refractivity contribution >= 4 is 11.0 Å².